The summed E-state index contributed by atoms with van der Waals surface area (Å²) in [6.07, 6.45) is 3.55. The maximum atomic E-state index is 5.46. The van der Waals surface area contributed by atoms with Crippen molar-refractivity contribution in [3.05, 3.63) is 72.1 Å². The first kappa shape index (κ1) is 13.6. The van der Waals surface area contributed by atoms with Gasteiger partial charge in [-0.05, 0) is 29.4 Å². The van der Waals surface area contributed by atoms with E-state index in [1.165, 1.54) is 16.3 Å². The van der Waals surface area contributed by atoms with Crippen LogP contribution in [0.25, 0.3) is 10.8 Å². The molecule has 0 saturated carbocycles. The number of ether oxygens (including phenoxy) is 1. The smallest absolute Gasteiger partial charge is 0.142 e. The Labute approximate surface area is 124 Å². The van der Waals surface area contributed by atoms with Gasteiger partial charge in [-0.25, -0.2) is 0 Å². The highest BCUT2D eigenvalue weighted by atomic mass is 16.5. The molecule has 0 fully saturated rings. The Kier molecular flexibility index (Phi) is 3.84. The number of nitrogens with one attached hydrogen (secondary N) is 1. The van der Waals surface area contributed by atoms with Gasteiger partial charge in [0.2, 0.25) is 0 Å². The Morgan fingerprint density at radius 2 is 1.81 bits per heavy atom. The van der Waals surface area contributed by atoms with E-state index < -0.39 is 0 Å². The second kappa shape index (κ2) is 5.94. The van der Waals surface area contributed by atoms with Crippen LogP contribution in [0.5, 0.6) is 5.75 Å². The van der Waals surface area contributed by atoms with Gasteiger partial charge >= 0.3 is 0 Å². The third kappa shape index (κ3) is 2.48. The van der Waals surface area contributed by atoms with Gasteiger partial charge in [0.1, 0.15) is 5.75 Å². The van der Waals surface area contributed by atoms with Crippen LogP contribution in [0.4, 0.5) is 0 Å². The highest BCUT2D eigenvalue weighted by Gasteiger charge is 2.18. The van der Waals surface area contributed by atoms with Gasteiger partial charge in [-0.15, -0.1) is 0 Å². The number of rotatable bonds is 4. The minimum atomic E-state index is 0.0639. The minimum absolute atomic E-state index is 0.0639. The van der Waals surface area contributed by atoms with Crippen LogP contribution >= 0.6 is 0 Å². The number of methoxy groups -OCH3 is 1. The average Bonchev–Trinajstić information content (AvgIpc) is 2.56. The zero-order valence-electron chi connectivity index (χ0n) is 12.2. The number of nitrogens with zero attached hydrogens (tertiary/aromatic N) is 1. The van der Waals surface area contributed by atoms with Crippen molar-refractivity contribution in [3.8, 4) is 5.75 Å². The van der Waals surface area contributed by atoms with Crippen LogP contribution in [0.1, 0.15) is 17.2 Å². The fourth-order valence-electron chi connectivity index (χ4n) is 2.78. The van der Waals surface area contributed by atoms with E-state index in [9.17, 15) is 0 Å². The maximum Gasteiger partial charge on any atom is 0.142 e. The Balaban J connectivity index is 2.19. The van der Waals surface area contributed by atoms with Gasteiger partial charge in [0.05, 0.1) is 19.3 Å². The highest BCUT2D eigenvalue weighted by molar-refractivity contribution is 5.86. The second-order valence-electron chi connectivity index (χ2n) is 4.91. The standard InChI is InChI=1S/C18H18N2O/c1-19-18(16-10-11-20-12-17(16)21-2)15-9-5-7-13-6-3-4-8-14(13)15/h3-12,18-19H,1-2H3. The summed E-state index contributed by atoms with van der Waals surface area (Å²) in [6.45, 7) is 0. The second-order valence-corrected chi connectivity index (χ2v) is 4.91. The summed E-state index contributed by atoms with van der Waals surface area (Å²) in [7, 11) is 3.64. The van der Waals surface area contributed by atoms with Crippen LogP contribution in [-0.2, 0) is 0 Å². The first-order chi connectivity index (χ1) is 10.3. The van der Waals surface area contributed by atoms with Gasteiger partial charge in [0.15, 0.2) is 0 Å². The van der Waals surface area contributed by atoms with E-state index in [1.807, 2.05) is 13.1 Å². The zero-order valence-corrected chi connectivity index (χ0v) is 12.2. The Bertz CT molecular complexity index is 750. The Morgan fingerprint density at radius 3 is 2.62 bits per heavy atom. The van der Waals surface area contributed by atoms with E-state index in [0.29, 0.717) is 0 Å². The van der Waals surface area contributed by atoms with Crippen molar-refractivity contribution in [2.75, 3.05) is 14.2 Å². The summed E-state index contributed by atoms with van der Waals surface area (Å²) < 4.78 is 5.46. The molecule has 0 saturated heterocycles. The lowest BCUT2D eigenvalue weighted by molar-refractivity contribution is 0.403. The summed E-state index contributed by atoms with van der Waals surface area (Å²) in [5, 5.41) is 5.88. The lowest BCUT2D eigenvalue weighted by Crippen LogP contribution is -2.18. The number of hydrogen-bond acceptors (Lipinski definition) is 3. The quantitative estimate of drug-likeness (QED) is 0.792. The number of hydrogen-bond donors (Lipinski definition) is 1. The lowest BCUT2D eigenvalue weighted by Gasteiger charge is -2.21. The molecule has 0 aliphatic rings. The molecular formula is C18H18N2O. The monoisotopic (exact) mass is 278 g/mol. The molecule has 21 heavy (non-hydrogen) atoms. The van der Waals surface area contributed by atoms with Crippen molar-refractivity contribution in [3.63, 3.8) is 0 Å². The summed E-state index contributed by atoms with van der Waals surface area (Å²) in [6, 6.07) is 16.9. The molecule has 3 aromatic rings. The van der Waals surface area contributed by atoms with Crippen molar-refractivity contribution < 1.29 is 4.74 Å². The van der Waals surface area contributed by atoms with Gasteiger partial charge in [0, 0.05) is 11.8 Å². The van der Waals surface area contributed by atoms with Crippen molar-refractivity contribution in [1.82, 2.24) is 10.3 Å². The first-order valence-corrected chi connectivity index (χ1v) is 6.98. The molecule has 3 heteroatoms. The molecule has 2 aromatic carbocycles. The van der Waals surface area contributed by atoms with Crippen LogP contribution in [0.2, 0.25) is 0 Å². The Morgan fingerprint density at radius 1 is 1.00 bits per heavy atom. The molecular weight excluding hydrogens is 260 g/mol. The van der Waals surface area contributed by atoms with E-state index in [4.69, 9.17) is 4.74 Å². The predicted molar refractivity (Wildman–Crippen MR) is 85.6 cm³/mol. The van der Waals surface area contributed by atoms with Gasteiger partial charge in [-0.2, -0.15) is 0 Å². The van der Waals surface area contributed by atoms with E-state index >= 15 is 0 Å². The van der Waals surface area contributed by atoms with Crippen molar-refractivity contribution in [2.45, 2.75) is 6.04 Å². The van der Waals surface area contributed by atoms with Crippen LogP contribution in [-0.4, -0.2) is 19.1 Å². The maximum absolute atomic E-state index is 5.46. The topological polar surface area (TPSA) is 34.2 Å². The zero-order chi connectivity index (χ0) is 14.7. The Hall–Kier alpha value is -2.39. The van der Waals surface area contributed by atoms with Crippen LogP contribution in [0.3, 0.4) is 0 Å². The van der Waals surface area contributed by atoms with E-state index in [2.05, 4.69) is 52.8 Å². The van der Waals surface area contributed by atoms with E-state index in [-0.39, 0.29) is 6.04 Å². The number of fused-ring (bicyclic) bond motifs is 1. The molecule has 3 rings (SSSR count). The number of benzene rings is 2. The first-order valence-electron chi connectivity index (χ1n) is 6.98. The van der Waals surface area contributed by atoms with Gasteiger partial charge in [0.25, 0.3) is 0 Å². The molecule has 0 radical (unpaired) electrons. The predicted octanol–water partition coefficient (Wildman–Crippen LogP) is 3.55. The van der Waals surface area contributed by atoms with Crippen molar-refractivity contribution in [2.24, 2.45) is 0 Å². The minimum Gasteiger partial charge on any atom is -0.495 e. The summed E-state index contributed by atoms with van der Waals surface area (Å²) in [5.41, 5.74) is 2.33. The van der Waals surface area contributed by atoms with Gasteiger partial charge in [-0.1, -0.05) is 42.5 Å². The molecule has 1 unspecified atom stereocenters. The SMILES string of the molecule is CNC(c1ccncc1OC)c1cccc2ccccc12. The fourth-order valence-corrected chi connectivity index (χ4v) is 2.78. The fraction of sp³-hybridized carbons (Fsp3) is 0.167. The number of aromatic nitrogens is 1. The largest absolute Gasteiger partial charge is 0.495 e. The molecule has 0 bridgehead atoms. The van der Waals surface area contributed by atoms with E-state index in [0.717, 1.165) is 11.3 Å². The normalized spacial score (nSPS) is 12.3. The molecule has 1 N–H and O–H groups in total. The summed E-state index contributed by atoms with van der Waals surface area (Å²) >= 11 is 0. The third-order valence-electron chi connectivity index (χ3n) is 3.77. The van der Waals surface area contributed by atoms with E-state index in [1.54, 1.807) is 19.5 Å². The van der Waals surface area contributed by atoms with Crippen LogP contribution < -0.4 is 10.1 Å². The molecule has 3 nitrogen and oxygen atoms in total. The average molecular weight is 278 g/mol. The van der Waals surface area contributed by atoms with Crippen molar-refractivity contribution in [1.29, 1.82) is 0 Å². The van der Waals surface area contributed by atoms with Crippen LogP contribution in [0.15, 0.2) is 60.9 Å². The molecule has 1 heterocycles. The molecule has 1 aromatic heterocycles. The molecule has 0 aliphatic carbocycles. The number of pyridine rings is 1. The highest BCUT2D eigenvalue weighted by Crippen LogP contribution is 2.32. The van der Waals surface area contributed by atoms with Gasteiger partial charge in [-0.3, -0.25) is 4.98 Å². The lowest BCUT2D eigenvalue weighted by atomic mass is 9.94. The summed E-state index contributed by atoms with van der Waals surface area (Å²) in [4.78, 5) is 4.14. The molecule has 106 valence electrons. The summed E-state index contributed by atoms with van der Waals surface area (Å²) in [5.74, 6) is 0.796. The molecule has 0 spiro atoms. The molecule has 0 amide bonds. The molecule has 1 atom stereocenters. The van der Waals surface area contributed by atoms with Gasteiger partial charge < -0.3 is 10.1 Å². The van der Waals surface area contributed by atoms with Crippen molar-refractivity contribution >= 4 is 10.8 Å². The third-order valence-corrected chi connectivity index (χ3v) is 3.77. The van der Waals surface area contributed by atoms with Crippen LogP contribution in [0, 0.1) is 0 Å². The molecule has 0 aliphatic heterocycles.